The number of rotatable bonds is 2. The fourth-order valence-corrected chi connectivity index (χ4v) is 3.46. The summed E-state index contributed by atoms with van der Waals surface area (Å²) in [5.74, 6) is 0.977. The van der Waals surface area contributed by atoms with Crippen LogP contribution in [-0.4, -0.2) is 48.8 Å². The molecule has 3 heteroatoms. The smallest absolute Gasteiger partial charge is 0.0641 e. The first-order valence-corrected chi connectivity index (χ1v) is 7.25. The van der Waals surface area contributed by atoms with E-state index in [-0.39, 0.29) is 5.60 Å². The Kier molecular flexibility index (Phi) is 3.18. The maximum Gasteiger partial charge on any atom is 0.0641 e. The Balaban J connectivity index is 1.59. The number of hydrogen-bond acceptors (Lipinski definition) is 3. The molecule has 0 aromatic rings. The molecule has 17 heavy (non-hydrogen) atoms. The van der Waals surface area contributed by atoms with Crippen LogP contribution in [0.5, 0.6) is 0 Å². The molecule has 1 N–H and O–H groups in total. The molecule has 0 aromatic carbocycles. The van der Waals surface area contributed by atoms with E-state index in [2.05, 4.69) is 24.1 Å². The van der Waals surface area contributed by atoms with Crippen molar-refractivity contribution in [2.75, 3.05) is 26.2 Å². The summed E-state index contributed by atoms with van der Waals surface area (Å²) in [6, 6.07) is 1.52. The Hall–Kier alpha value is -0.120. The number of hydrogen-bond donors (Lipinski definition) is 1. The Morgan fingerprint density at radius 2 is 2.06 bits per heavy atom. The quantitative estimate of drug-likeness (QED) is 0.791. The van der Waals surface area contributed by atoms with Crippen molar-refractivity contribution < 1.29 is 4.74 Å². The fraction of sp³-hybridized carbons (Fsp3) is 1.00. The molecule has 1 aliphatic carbocycles. The summed E-state index contributed by atoms with van der Waals surface area (Å²) < 4.78 is 5.83. The van der Waals surface area contributed by atoms with Gasteiger partial charge in [-0.15, -0.1) is 0 Å². The van der Waals surface area contributed by atoms with E-state index in [9.17, 15) is 0 Å². The highest BCUT2D eigenvalue weighted by Crippen LogP contribution is 2.35. The van der Waals surface area contributed by atoms with Crippen molar-refractivity contribution in [3.63, 3.8) is 0 Å². The molecule has 3 nitrogen and oxygen atoms in total. The second-order valence-corrected chi connectivity index (χ2v) is 6.65. The molecule has 2 atom stereocenters. The van der Waals surface area contributed by atoms with Gasteiger partial charge in [0, 0.05) is 38.3 Å². The standard InChI is InChI=1S/C14H26N2O/c1-14(2)9-12(5-8-17-14)16-7-6-15-13(10-16)11-3-4-11/h11-13,15H,3-10H2,1-2H3. The molecule has 0 radical (unpaired) electrons. The van der Waals surface area contributed by atoms with E-state index < -0.39 is 0 Å². The van der Waals surface area contributed by atoms with Gasteiger partial charge in [0.1, 0.15) is 0 Å². The number of nitrogens with zero attached hydrogens (tertiary/aromatic N) is 1. The minimum absolute atomic E-state index is 0.0862. The van der Waals surface area contributed by atoms with Crippen LogP contribution in [0, 0.1) is 5.92 Å². The van der Waals surface area contributed by atoms with Gasteiger partial charge in [0.15, 0.2) is 0 Å². The lowest BCUT2D eigenvalue weighted by atomic mass is 9.92. The third-order valence-corrected chi connectivity index (χ3v) is 4.62. The lowest BCUT2D eigenvalue weighted by Crippen LogP contribution is -2.57. The van der Waals surface area contributed by atoms with Crippen LogP contribution in [0.3, 0.4) is 0 Å². The van der Waals surface area contributed by atoms with Gasteiger partial charge in [-0.2, -0.15) is 0 Å². The van der Waals surface area contributed by atoms with Crippen molar-refractivity contribution >= 4 is 0 Å². The van der Waals surface area contributed by atoms with Crippen LogP contribution in [0.25, 0.3) is 0 Å². The van der Waals surface area contributed by atoms with Crippen LogP contribution in [0.2, 0.25) is 0 Å². The van der Waals surface area contributed by atoms with Gasteiger partial charge in [-0.3, -0.25) is 4.90 Å². The first kappa shape index (κ1) is 11.9. The van der Waals surface area contributed by atoms with Gasteiger partial charge in [-0.25, -0.2) is 0 Å². The van der Waals surface area contributed by atoms with Crippen LogP contribution >= 0.6 is 0 Å². The van der Waals surface area contributed by atoms with Crippen LogP contribution in [-0.2, 0) is 4.74 Å². The second kappa shape index (κ2) is 4.52. The van der Waals surface area contributed by atoms with Crippen LogP contribution < -0.4 is 5.32 Å². The highest BCUT2D eigenvalue weighted by atomic mass is 16.5. The first-order valence-electron chi connectivity index (χ1n) is 7.25. The zero-order valence-electron chi connectivity index (χ0n) is 11.2. The molecule has 3 aliphatic rings. The maximum atomic E-state index is 5.83. The van der Waals surface area contributed by atoms with Gasteiger partial charge in [0.25, 0.3) is 0 Å². The van der Waals surface area contributed by atoms with E-state index in [1.807, 2.05) is 0 Å². The van der Waals surface area contributed by atoms with Crippen molar-refractivity contribution in [3.8, 4) is 0 Å². The minimum Gasteiger partial charge on any atom is -0.375 e. The molecular weight excluding hydrogens is 212 g/mol. The van der Waals surface area contributed by atoms with E-state index >= 15 is 0 Å². The van der Waals surface area contributed by atoms with Crippen LogP contribution in [0.15, 0.2) is 0 Å². The molecule has 2 heterocycles. The van der Waals surface area contributed by atoms with Gasteiger partial charge in [0.2, 0.25) is 0 Å². The van der Waals surface area contributed by atoms with E-state index in [4.69, 9.17) is 4.74 Å². The van der Waals surface area contributed by atoms with E-state index in [0.29, 0.717) is 0 Å². The highest BCUT2D eigenvalue weighted by Gasteiger charge is 2.38. The summed E-state index contributed by atoms with van der Waals surface area (Å²) in [6.45, 7) is 9.09. The average molecular weight is 238 g/mol. The normalized spacial score (nSPS) is 39.2. The molecule has 2 saturated heterocycles. The zero-order valence-corrected chi connectivity index (χ0v) is 11.2. The molecule has 3 fully saturated rings. The highest BCUT2D eigenvalue weighted by molar-refractivity contribution is 4.94. The maximum absolute atomic E-state index is 5.83. The monoisotopic (exact) mass is 238 g/mol. The molecule has 2 unspecified atom stereocenters. The topological polar surface area (TPSA) is 24.5 Å². The minimum atomic E-state index is 0.0862. The van der Waals surface area contributed by atoms with Gasteiger partial charge >= 0.3 is 0 Å². The van der Waals surface area contributed by atoms with Gasteiger partial charge < -0.3 is 10.1 Å². The molecule has 0 aromatic heterocycles. The largest absolute Gasteiger partial charge is 0.375 e. The third-order valence-electron chi connectivity index (χ3n) is 4.62. The fourth-order valence-electron chi connectivity index (χ4n) is 3.46. The average Bonchev–Trinajstić information content (AvgIpc) is 3.12. The summed E-state index contributed by atoms with van der Waals surface area (Å²) in [7, 11) is 0. The summed E-state index contributed by atoms with van der Waals surface area (Å²) in [5.41, 5.74) is 0.0862. The summed E-state index contributed by atoms with van der Waals surface area (Å²) in [5, 5.41) is 3.70. The Morgan fingerprint density at radius 1 is 1.24 bits per heavy atom. The molecular formula is C14H26N2O. The number of ether oxygens (including phenoxy) is 1. The summed E-state index contributed by atoms with van der Waals surface area (Å²) in [6.07, 6.45) is 5.32. The van der Waals surface area contributed by atoms with Crippen LogP contribution in [0.1, 0.15) is 39.5 Å². The molecule has 0 amide bonds. The molecule has 98 valence electrons. The van der Waals surface area contributed by atoms with E-state index in [0.717, 1.165) is 24.6 Å². The van der Waals surface area contributed by atoms with Gasteiger partial charge in [0.05, 0.1) is 5.60 Å². The zero-order chi connectivity index (χ0) is 11.9. The molecule has 3 rings (SSSR count). The van der Waals surface area contributed by atoms with Crippen molar-refractivity contribution in [2.24, 2.45) is 5.92 Å². The van der Waals surface area contributed by atoms with E-state index in [1.165, 1.54) is 45.3 Å². The van der Waals surface area contributed by atoms with Crippen molar-refractivity contribution in [1.82, 2.24) is 10.2 Å². The van der Waals surface area contributed by atoms with Gasteiger partial charge in [-0.05, 0) is 45.4 Å². The van der Waals surface area contributed by atoms with Crippen molar-refractivity contribution in [3.05, 3.63) is 0 Å². The molecule has 0 spiro atoms. The number of nitrogens with one attached hydrogen (secondary N) is 1. The lowest BCUT2D eigenvalue weighted by molar-refractivity contribution is -0.0865. The second-order valence-electron chi connectivity index (χ2n) is 6.65. The Morgan fingerprint density at radius 3 is 2.76 bits per heavy atom. The predicted octanol–water partition coefficient (Wildman–Crippen LogP) is 1.63. The molecule has 2 aliphatic heterocycles. The van der Waals surface area contributed by atoms with Crippen molar-refractivity contribution in [2.45, 2.75) is 57.2 Å². The Labute approximate surface area is 105 Å². The first-order chi connectivity index (χ1) is 8.14. The predicted molar refractivity (Wildman–Crippen MR) is 69.1 cm³/mol. The van der Waals surface area contributed by atoms with Crippen molar-refractivity contribution in [1.29, 1.82) is 0 Å². The number of piperazine rings is 1. The summed E-state index contributed by atoms with van der Waals surface area (Å²) in [4.78, 5) is 2.73. The van der Waals surface area contributed by atoms with Gasteiger partial charge in [-0.1, -0.05) is 0 Å². The molecule has 1 saturated carbocycles. The van der Waals surface area contributed by atoms with Crippen LogP contribution in [0.4, 0.5) is 0 Å². The summed E-state index contributed by atoms with van der Waals surface area (Å²) >= 11 is 0. The third kappa shape index (κ3) is 2.83. The SMILES string of the molecule is CC1(C)CC(N2CCNC(C3CC3)C2)CCO1. The van der Waals surface area contributed by atoms with E-state index in [1.54, 1.807) is 0 Å². The molecule has 0 bridgehead atoms. The Bertz CT molecular complexity index is 275. The lowest BCUT2D eigenvalue weighted by Gasteiger charge is -2.44.